The van der Waals surface area contributed by atoms with Crippen LogP contribution < -0.4 is 0 Å². The van der Waals surface area contributed by atoms with Crippen molar-refractivity contribution < 1.29 is 27.0 Å². The van der Waals surface area contributed by atoms with Crippen molar-refractivity contribution in [2.45, 2.75) is 24.3 Å². The van der Waals surface area contributed by atoms with Crippen molar-refractivity contribution >= 4 is 10.0 Å². The van der Waals surface area contributed by atoms with Gasteiger partial charge in [-0.05, 0) is 13.0 Å². The van der Waals surface area contributed by atoms with E-state index in [-0.39, 0.29) is 38.4 Å². The molecule has 1 saturated heterocycles. The van der Waals surface area contributed by atoms with E-state index < -0.39 is 32.5 Å². The Labute approximate surface area is 155 Å². The standard InChI is InChI=1S/C16H20F2N4O4S/c1-12(27(24,25)22-4-6-26-7-5-22)16(23,9-21-11-19-10-20-21)14-3-2-13(17)8-15(14)18/h2-3,8,10-12,23H,4-7,9H2,1H3/t12-,16-/m1/s1. The molecule has 2 atom stereocenters. The number of nitrogens with zero attached hydrogens (tertiary/aromatic N) is 4. The Hall–Kier alpha value is -1.95. The number of hydrogen-bond donors (Lipinski definition) is 1. The average Bonchev–Trinajstić information content (AvgIpc) is 3.14. The largest absolute Gasteiger partial charge is 0.382 e. The second-order valence-electron chi connectivity index (χ2n) is 6.34. The molecule has 1 aromatic heterocycles. The fourth-order valence-electron chi connectivity index (χ4n) is 3.11. The number of morpholine rings is 1. The molecule has 0 bridgehead atoms. The lowest BCUT2D eigenvalue weighted by Crippen LogP contribution is -2.53. The molecule has 1 aromatic carbocycles. The van der Waals surface area contributed by atoms with Gasteiger partial charge in [0.05, 0.1) is 19.8 Å². The Bertz CT molecular complexity index is 888. The normalized spacial score (nSPS) is 19.6. The van der Waals surface area contributed by atoms with Crippen molar-refractivity contribution in [1.29, 1.82) is 0 Å². The van der Waals surface area contributed by atoms with E-state index in [0.29, 0.717) is 6.07 Å². The first-order chi connectivity index (χ1) is 12.7. The first-order valence-corrected chi connectivity index (χ1v) is 9.82. The molecule has 0 saturated carbocycles. The minimum atomic E-state index is -4.02. The van der Waals surface area contributed by atoms with Gasteiger partial charge in [0.2, 0.25) is 10.0 Å². The minimum absolute atomic E-state index is 0.137. The Kier molecular flexibility index (Phi) is 5.56. The molecule has 1 aliphatic heterocycles. The maximum absolute atomic E-state index is 14.5. The van der Waals surface area contributed by atoms with E-state index in [2.05, 4.69) is 10.1 Å². The van der Waals surface area contributed by atoms with E-state index in [1.54, 1.807) is 0 Å². The topological polar surface area (TPSA) is 97.5 Å². The molecule has 1 N–H and O–H groups in total. The van der Waals surface area contributed by atoms with Gasteiger partial charge in [0.1, 0.15) is 35.1 Å². The summed E-state index contributed by atoms with van der Waals surface area (Å²) in [6.07, 6.45) is 2.49. The lowest BCUT2D eigenvalue weighted by Gasteiger charge is -2.38. The van der Waals surface area contributed by atoms with Crippen molar-refractivity contribution in [2.24, 2.45) is 0 Å². The second-order valence-corrected chi connectivity index (χ2v) is 8.59. The number of aromatic nitrogens is 3. The molecule has 8 nitrogen and oxygen atoms in total. The van der Waals surface area contributed by atoms with E-state index in [1.165, 1.54) is 28.6 Å². The summed E-state index contributed by atoms with van der Waals surface area (Å²) in [6, 6.07) is 2.63. The van der Waals surface area contributed by atoms with E-state index in [1.807, 2.05) is 0 Å². The summed E-state index contributed by atoms with van der Waals surface area (Å²) in [7, 11) is -4.02. The van der Waals surface area contributed by atoms with Gasteiger partial charge < -0.3 is 9.84 Å². The molecule has 0 unspecified atom stereocenters. The number of sulfonamides is 1. The van der Waals surface area contributed by atoms with Gasteiger partial charge in [-0.2, -0.15) is 9.40 Å². The fourth-order valence-corrected chi connectivity index (χ4v) is 4.91. The lowest BCUT2D eigenvalue weighted by molar-refractivity contribution is 0.00768. The van der Waals surface area contributed by atoms with E-state index in [9.17, 15) is 22.3 Å². The van der Waals surface area contributed by atoms with Gasteiger partial charge in [-0.15, -0.1) is 0 Å². The van der Waals surface area contributed by atoms with Crippen LogP contribution in [0.1, 0.15) is 12.5 Å². The zero-order chi connectivity index (χ0) is 19.7. The Balaban J connectivity index is 2.05. The second kappa shape index (κ2) is 7.58. The van der Waals surface area contributed by atoms with E-state index in [0.717, 1.165) is 12.1 Å². The summed E-state index contributed by atoms with van der Waals surface area (Å²) in [5.74, 6) is -1.87. The van der Waals surface area contributed by atoms with Crippen molar-refractivity contribution in [2.75, 3.05) is 26.3 Å². The van der Waals surface area contributed by atoms with Crippen molar-refractivity contribution in [3.05, 3.63) is 48.1 Å². The molecule has 0 radical (unpaired) electrons. The van der Waals surface area contributed by atoms with Gasteiger partial charge in [-0.25, -0.2) is 26.9 Å². The Morgan fingerprint density at radius 2 is 2.04 bits per heavy atom. The number of rotatable bonds is 6. The zero-order valence-electron chi connectivity index (χ0n) is 14.6. The van der Waals surface area contributed by atoms with Crippen LogP contribution >= 0.6 is 0 Å². The third kappa shape index (κ3) is 3.86. The highest BCUT2D eigenvalue weighted by Gasteiger charge is 2.48. The summed E-state index contributed by atoms with van der Waals surface area (Å²) < 4.78 is 61.6. The summed E-state index contributed by atoms with van der Waals surface area (Å²) in [5, 5.41) is 13.8. The highest BCUT2D eigenvalue weighted by Crippen LogP contribution is 2.34. The molecular weight excluding hydrogens is 382 g/mol. The van der Waals surface area contributed by atoms with Crippen LogP contribution in [0.15, 0.2) is 30.9 Å². The summed E-state index contributed by atoms with van der Waals surface area (Å²) in [6.45, 7) is 1.66. The molecule has 0 aliphatic carbocycles. The van der Waals surface area contributed by atoms with E-state index in [4.69, 9.17) is 4.74 Å². The lowest BCUT2D eigenvalue weighted by atomic mass is 9.90. The van der Waals surface area contributed by atoms with Crippen molar-refractivity contribution in [3.63, 3.8) is 0 Å². The Morgan fingerprint density at radius 1 is 1.33 bits per heavy atom. The first-order valence-electron chi connectivity index (χ1n) is 8.32. The highest BCUT2D eigenvalue weighted by atomic mass is 32.2. The molecule has 148 valence electrons. The Morgan fingerprint density at radius 3 is 2.63 bits per heavy atom. The summed E-state index contributed by atoms with van der Waals surface area (Å²) >= 11 is 0. The van der Waals surface area contributed by atoms with Gasteiger partial charge in [0, 0.05) is 24.7 Å². The van der Waals surface area contributed by atoms with Gasteiger partial charge in [0.15, 0.2) is 0 Å². The van der Waals surface area contributed by atoms with Gasteiger partial charge in [-0.1, -0.05) is 6.07 Å². The minimum Gasteiger partial charge on any atom is -0.382 e. The number of ether oxygens (including phenoxy) is 1. The molecule has 11 heteroatoms. The third-order valence-corrected chi connectivity index (χ3v) is 7.08. The number of aliphatic hydroxyl groups is 1. The van der Waals surface area contributed by atoms with Crippen LogP contribution in [0.2, 0.25) is 0 Å². The van der Waals surface area contributed by atoms with E-state index >= 15 is 0 Å². The zero-order valence-corrected chi connectivity index (χ0v) is 15.4. The van der Waals surface area contributed by atoms with Crippen LogP contribution in [-0.2, 0) is 26.9 Å². The van der Waals surface area contributed by atoms with Crippen LogP contribution in [0.4, 0.5) is 8.78 Å². The molecule has 27 heavy (non-hydrogen) atoms. The maximum atomic E-state index is 14.5. The summed E-state index contributed by atoms with van der Waals surface area (Å²) in [5.41, 5.74) is -2.54. The molecule has 1 fully saturated rings. The smallest absolute Gasteiger partial charge is 0.220 e. The van der Waals surface area contributed by atoms with Crippen LogP contribution in [0.25, 0.3) is 0 Å². The SMILES string of the molecule is C[C@H]([C@](O)(Cn1cncn1)c1ccc(F)cc1F)S(=O)(=O)N1CCOCC1. The molecule has 2 aromatic rings. The predicted molar refractivity (Wildman–Crippen MR) is 91.1 cm³/mol. The third-order valence-electron chi connectivity index (χ3n) is 4.72. The number of benzene rings is 1. The number of hydrogen-bond acceptors (Lipinski definition) is 6. The van der Waals surface area contributed by atoms with Gasteiger partial charge >= 0.3 is 0 Å². The molecule has 3 rings (SSSR count). The average molecular weight is 402 g/mol. The molecule has 2 heterocycles. The predicted octanol–water partition coefficient (Wildman–Crippen LogP) is 0.495. The quantitative estimate of drug-likeness (QED) is 0.756. The number of halogens is 2. The van der Waals surface area contributed by atoms with Crippen LogP contribution in [0, 0.1) is 11.6 Å². The van der Waals surface area contributed by atoms with Gasteiger partial charge in [-0.3, -0.25) is 0 Å². The monoisotopic (exact) mass is 402 g/mol. The van der Waals surface area contributed by atoms with Crippen LogP contribution in [0.3, 0.4) is 0 Å². The van der Waals surface area contributed by atoms with Crippen LogP contribution in [0.5, 0.6) is 0 Å². The maximum Gasteiger partial charge on any atom is 0.220 e. The molecule has 1 aliphatic rings. The van der Waals surface area contributed by atoms with Crippen molar-refractivity contribution in [3.8, 4) is 0 Å². The molecular formula is C16H20F2N4O4S. The molecule has 0 spiro atoms. The van der Waals surface area contributed by atoms with Crippen molar-refractivity contribution in [1.82, 2.24) is 19.1 Å². The highest BCUT2D eigenvalue weighted by molar-refractivity contribution is 7.89. The fraction of sp³-hybridized carbons (Fsp3) is 0.500. The van der Waals surface area contributed by atoms with Crippen LogP contribution in [-0.4, -0.2) is 64.1 Å². The first kappa shape index (κ1) is 19.8. The summed E-state index contributed by atoms with van der Waals surface area (Å²) in [4.78, 5) is 3.76. The van der Waals surface area contributed by atoms with Gasteiger partial charge in [0.25, 0.3) is 0 Å². The molecule has 0 amide bonds.